The molecule has 2 aliphatic heterocycles. The summed E-state index contributed by atoms with van der Waals surface area (Å²) in [6.45, 7) is 9.58. The number of para-hydroxylation sites is 1. The van der Waals surface area contributed by atoms with E-state index < -0.39 is 0 Å². The van der Waals surface area contributed by atoms with Gasteiger partial charge < -0.3 is 19.9 Å². The Kier molecular flexibility index (Phi) is 10.7. The molecule has 0 bridgehead atoms. The topological polar surface area (TPSA) is 60.4 Å². The summed E-state index contributed by atoms with van der Waals surface area (Å²) in [6, 6.07) is 8.10. The number of benzene rings is 1. The molecule has 2 heterocycles. The molecule has 0 aliphatic carbocycles. The minimum absolute atomic E-state index is 0. The van der Waals surface area contributed by atoms with Crippen molar-refractivity contribution in [1.82, 2.24) is 20.0 Å². The summed E-state index contributed by atoms with van der Waals surface area (Å²) in [5.41, 5.74) is 1.16. The third-order valence-corrected chi connectivity index (χ3v) is 5.66. The highest BCUT2D eigenvalue weighted by Gasteiger charge is 2.24. The highest BCUT2D eigenvalue weighted by molar-refractivity contribution is 14.0. The number of hydrogen-bond donors (Lipinski definition) is 1. The van der Waals surface area contributed by atoms with Crippen molar-refractivity contribution in [2.24, 2.45) is 4.99 Å². The molecule has 2 fully saturated rings. The normalized spacial score (nSPS) is 17.6. The van der Waals surface area contributed by atoms with Gasteiger partial charge in [0.15, 0.2) is 5.96 Å². The van der Waals surface area contributed by atoms with Crippen molar-refractivity contribution in [3.8, 4) is 5.75 Å². The van der Waals surface area contributed by atoms with E-state index in [2.05, 4.69) is 33.1 Å². The lowest BCUT2D eigenvalue weighted by Gasteiger charge is -2.36. The predicted molar refractivity (Wildman–Crippen MR) is 132 cm³/mol. The second-order valence-corrected chi connectivity index (χ2v) is 7.79. The maximum Gasteiger partial charge on any atom is 0.236 e. The van der Waals surface area contributed by atoms with Gasteiger partial charge in [0.05, 0.1) is 13.2 Å². The summed E-state index contributed by atoms with van der Waals surface area (Å²) in [7, 11) is 1.83. The van der Waals surface area contributed by atoms with Crippen LogP contribution in [0.5, 0.6) is 5.75 Å². The number of ether oxygens (including phenoxy) is 1. The first-order valence-electron chi connectivity index (χ1n) is 10.8. The second-order valence-electron chi connectivity index (χ2n) is 7.79. The quantitative estimate of drug-likeness (QED) is 0.254. The molecule has 8 heteroatoms. The van der Waals surface area contributed by atoms with Crippen LogP contribution in [0, 0.1) is 6.92 Å². The molecule has 7 nitrogen and oxygen atoms in total. The molecule has 0 aromatic heterocycles. The van der Waals surface area contributed by atoms with Crippen LogP contribution in [0.4, 0.5) is 0 Å². The van der Waals surface area contributed by atoms with E-state index >= 15 is 0 Å². The van der Waals surface area contributed by atoms with Gasteiger partial charge in [-0.05, 0) is 37.8 Å². The average molecular weight is 529 g/mol. The Morgan fingerprint density at radius 2 is 1.77 bits per heavy atom. The fourth-order valence-electron chi connectivity index (χ4n) is 3.88. The number of aryl methyl sites for hydroxylation is 1. The van der Waals surface area contributed by atoms with Crippen LogP contribution in [0.15, 0.2) is 29.3 Å². The zero-order valence-corrected chi connectivity index (χ0v) is 20.6. The largest absolute Gasteiger partial charge is 0.493 e. The van der Waals surface area contributed by atoms with Crippen molar-refractivity contribution in [2.45, 2.75) is 26.2 Å². The lowest BCUT2D eigenvalue weighted by molar-refractivity contribution is -0.131. The van der Waals surface area contributed by atoms with Crippen molar-refractivity contribution in [3.63, 3.8) is 0 Å². The van der Waals surface area contributed by atoms with Crippen LogP contribution in [-0.2, 0) is 4.79 Å². The molecule has 3 rings (SSSR count). The Hall–Kier alpha value is -1.55. The molecule has 0 spiro atoms. The Balaban J connectivity index is 0.00000320. The first-order valence-corrected chi connectivity index (χ1v) is 10.8. The molecule has 2 aliphatic rings. The third-order valence-electron chi connectivity index (χ3n) is 5.66. The molecular formula is C22H36IN5O2. The van der Waals surface area contributed by atoms with Gasteiger partial charge in [-0.3, -0.25) is 14.7 Å². The van der Waals surface area contributed by atoms with Crippen LogP contribution in [0.2, 0.25) is 0 Å². The lowest BCUT2D eigenvalue weighted by Crippen LogP contribution is -2.54. The smallest absolute Gasteiger partial charge is 0.236 e. The molecule has 1 aromatic rings. The number of halogens is 1. The highest BCUT2D eigenvalue weighted by Crippen LogP contribution is 2.16. The van der Waals surface area contributed by atoms with Crippen molar-refractivity contribution in [3.05, 3.63) is 29.8 Å². The van der Waals surface area contributed by atoms with E-state index in [4.69, 9.17) is 4.74 Å². The number of rotatable bonds is 7. The zero-order chi connectivity index (χ0) is 20.5. The van der Waals surface area contributed by atoms with Gasteiger partial charge in [-0.2, -0.15) is 0 Å². The summed E-state index contributed by atoms with van der Waals surface area (Å²) in [6.07, 6.45) is 3.21. The van der Waals surface area contributed by atoms with Gasteiger partial charge >= 0.3 is 0 Å². The molecule has 1 amide bonds. The first kappa shape index (κ1) is 24.7. The van der Waals surface area contributed by atoms with E-state index in [1.807, 2.05) is 30.1 Å². The number of hydrogen-bond acceptors (Lipinski definition) is 4. The number of carbonyl (C=O) groups is 1. The SMILES string of the molecule is CN=C(NCCCOc1ccccc1C)N1CCN(CC(=O)N2CCCC2)CC1.I. The molecule has 0 atom stereocenters. The number of aliphatic imine (C=N–C) groups is 1. The zero-order valence-electron chi connectivity index (χ0n) is 18.3. The van der Waals surface area contributed by atoms with E-state index in [-0.39, 0.29) is 29.9 Å². The lowest BCUT2D eigenvalue weighted by atomic mass is 10.2. The number of likely N-dealkylation sites (tertiary alicyclic amines) is 1. The number of nitrogens with zero attached hydrogens (tertiary/aromatic N) is 4. The van der Waals surface area contributed by atoms with E-state index in [0.29, 0.717) is 13.2 Å². The summed E-state index contributed by atoms with van der Waals surface area (Å²) >= 11 is 0. The first-order chi connectivity index (χ1) is 14.2. The molecule has 2 saturated heterocycles. The molecule has 1 N–H and O–H groups in total. The Bertz CT molecular complexity index is 686. The Morgan fingerprint density at radius 3 is 2.43 bits per heavy atom. The molecule has 30 heavy (non-hydrogen) atoms. The number of guanidine groups is 1. The molecule has 0 radical (unpaired) electrons. The van der Waals surface area contributed by atoms with Crippen LogP contribution in [0.3, 0.4) is 0 Å². The molecule has 0 saturated carbocycles. The van der Waals surface area contributed by atoms with E-state index in [1.54, 1.807) is 0 Å². The molecule has 0 unspecified atom stereocenters. The monoisotopic (exact) mass is 529 g/mol. The van der Waals surface area contributed by atoms with Crippen molar-refractivity contribution < 1.29 is 9.53 Å². The Labute approximate surface area is 197 Å². The highest BCUT2D eigenvalue weighted by atomic mass is 127. The number of nitrogens with one attached hydrogen (secondary N) is 1. The van der Waals surface area contributed by atoms with Gasteiger partial charge in [0.2, 0.25) is 5.91 Å². The summed E-state index contributed by atoms with van der Waals surface area (Å²) in [5.74, 6) is 2.18. The summed E-state index contributed by atoms with van der Waals surface area (Å²) in [4.78, 5) is 23.3. The van der Waals surface area contributed by atoms with Crippen LogP contribution < -0.4 is 10.1 Å². The van der Waals surface area contributed by atoms with Gasteiger partial charge in [0, 0.05) is 52.9 Å². The number of amides is 1. The Morgan fingerprint density at radius 1 is 1.07 bits per heavy atom. The van der Waals surface area contributed by atoms with Crippen molar-refractivity contribution in [1.29, 1.82) is 0 Å². The van der Waals surface area contributed by atoms with Gasteiger partial charge in [0.25, 0.3) is 0 Å². The maximum atomic E-state index is 12.3. The predicted octanol–water partition coefficient (Wildman–Crippen LogP) is 2.20. The average Bonchev–Trinajstić information content (AvgIpc) is 3.28. The summed E-state index contributed by atoms with van der Waals surface area (Å²) in [5, 5.41) is 3.44. The van der Waals surface area contributed by atoms with Crippen LogP contribution in [0.1, 0.15) is 24.8 Å². The van der Waals surface area contributed by atoms with Crippen LogP contribution in [-0.4, -0.2) is 92.6 Å². The standard InChI is InChI=1S/C22H35N5O2.HI/c1-19-8-3-4-9-20(19)29-17-7-10-24-22(23-2)27-15-13-25(14-16-27)18-21(28)26-11-5-6-12-26;/h3-4,8-9H,5-7,10-18H2,1-2H3,(H,23,24);1H. The van der Waals surface area contributed by atoms with Gasteiger partial charge in [-0.15, -0.1) is 24.0 Å². The minimum Gasteiger partial charge on any atom is -0.493 e. The number of piperazine rings is 1. The third kappa shape index (κ3) is 7.30. The van der Waals surface area contributed by atoms with E-state index in [1.165, 1.54) is 0 Å². The van der Waals surface area contributed by atoms with Crippen LogP contribution in [0.25, 0.3) is 0 Å². The van der Waals surface area contributed by atoms with Gasteiger partial charge in [0.1, 0.15) is 5.75 Å². The maximum absolute atomic E-state index is 12.3. The number of carbonyl (C=O) groups excluding carboxylic acids is 1. The van der Waals surface area contributed by atoms with Gasteiger partial charge in [-0.25, -0.2) is 0 Å². The van der Waals surface area contributed by atoms with Gasteiger partial charge in [-0.1, -0.05) is 18.2 Å². The fourth-order valence-corrected chi connectivity index (χ4v) is 3.88. The molecular weight excluding hydrogens is 493 g/mol. The van der Waals surface area contributed by atoms with Crippen LogP contribution >= 0.6 is 24.0 Å². The molecule has 168 valence electrons. The van der Waals surface area contributed by atoms with E-state index in [0.717, 1.165) is 82.3 Å². The van der Waals surface area contributed by atoms with Crippen molar-refractivity contribution >= 4 is 35.8 Å². The fraction of sp³-hybridized carbons (Fsp3) is 0.636. The minimum atomic E-state index is 0. The second kappa shape index (κ2) is 13.0. The van der Waals surface area contributed by atoms with Crippen molar-refractivity contribution in [2.75, 3.05) is 66.0 Å². The molecule has 1 aromatic carbocycles. The summed E-state index contributed by atoms with van der Waals surface area (Å²) < 4.78 is 5.85. The van der Waals surface area contributed by atoms with E-state index in [9.17, 15) is 4.79 Å².